The zero-order valence-electron chi connectivity index (χ0n) is 2.96. The molecule has 26 valence electrons. The Labute approximate surface area is 68.4 Å². The molecule has 0 atom stereocenters. The summed E-state index contributed by atoms with van der Waals surface area (Å²) in [4.78, 5) is 8.56. The van der Waals surface area contributed by atoms with Gasteiger partial charge in [-0.3, -0.25) is 0 Å². The number of carboxylic acid groups (broad SMARTS) is 2. The molecule has 2 radical (unpaired) electrons. The van der Waals surface area contributed by atoms with Crippen molar-refractivity contribution in [2.75, 3.05) is 0 Å². The van der Waals surface area contributed by atoms with E-state index in [4.69, 9.17) is 15.0 Å². The standard InChI is InChI=1S/CH2O3.Ca.P/c2-1(3)4;;/h(H2,2,3,4);;/q;+2;+3. The van der Waals surface area contributed by atoms with Gasteiger partial charge in [0.1, 0.15) is 0 Å². The smallest absolute Gasteiger partial charge is 0.450 e. The molecule has 0 aliphatic rings. The van der Waals surface area contributed by atoms with Gasteiger partial charge in [0.05, 0.1) is 0 Å². The van der Waals surface area contributed by atoms with E-state index in [-0.39, 0.29) is 47.6 Å². The van der Waals surface area contributed by atoms with E-state index in [1.54, 1.807) is 0 Å². The van der Waals surface area contributed by atoms with E-state index < -0.39 is 6.16 Å². The van der Waals surface area contributed by atoms with Gasteiger partial charge in [-0.05, 0) is 0 Å². The topological polar surface area (TPSA) is 57.5 Å². The average molecular weight is 133 g/mol. The fourth-order valence-electron chi connectivity index (χ4n) is 0. The summed E-state index contributed by atoms with van der Waals surface area (Å²) in [7, 11) is 0. The summed E-state index contributed by atoms with van der Waals surface area (Å²) in [5.41, 5.74) is 0. The molecule has 0 heterocycles. The largest absolute Gasteiger partial charge is 3.00 e. The van der Waals surface area contributed by atoms with Crippen molar-refractivity contribution < 1.29 is 15.0 Å². The van der Waals surface area contributed by atoms with Gasteiger partial charge in [-0.1, -0.05) is 0 Å². The number of hydrogen-bond acceptors (Lipinski definition) is 1. The van der Waals surface area contributed by atoms with Crippen LogP contribution in [-0.2, 0) is 0 Å². The number of hydrogen-bond donors (Lipinski definition) is 2. The fourth-order valence-corrected chi connectivity index (χ4v) is 0. The maximum Gasteiger partial charge on any atom is 3.00 e. The van der Waals surface area contributed by atoms with E-state index in [0.717, 1.165) is 0 Å². The molecule has 0 aromatic rings. The van der Waals surface area contributed by atoms with Gasteiger partial charge in [0.2, 0.25) is 0 Å². The minimum absolute atomic E-state index is 0. The second kappa shape index (κ2) is 9.35. The summed E-state index contributed by atoms with van der Waals surface area (Å²) in [5.74, 6) is 0. The minimum Gasteiger partial charge on any atom is -0.450 e. The molecule has 0 spiro atoms. The summed E-state index contributed by atoms with van der Waals surface area (Å²) < 4.78 is 0. The Morgan fingerprint density at radius 1 is 1.33 bits per heavy atom. The van der Waals surface area contributed by atoms with Gasteiger partial charge in [0, 0.05) is 0 Å². The predicted molar refractivity (Wildman–Crippen MR) is 23.3 cm³/mol. The van der Waals surface area contributed by atoms with Crippen LogP contribution in [0.25, 0.3) is 0 Å². The summed E-state index contributed by atoms with van der Waals surface area (Å²) in [5, 5.41) is 13.9. The van der Waals surface area contributed by atoms with Crippen molar-refractivity contribution in [1.82, 2.24) is 0 Å². The molecular formula is CH2CaO3P+5. The molecule has 0 aromatic heterocycles. The van der Waals surface area contributed by atoms with Gasteiger partial charge in [0.15, 0.2) is 0 Å². The Hall–Kier alpha value is 0.960. The van der Waals surface area contributed by atoms with Crippen molar-refractivity contribution in [2.24, 2.45) is 0 Å². The van der Waals surface area contributed by atoms with Crippen LogP contribution >= 0.6 is 9.90 Å². The van der Waals surface area contributed by atoms with E-state index >= 15 is 0 Å². The molecule has 0 aliphatic carbocycles. The molecule has 6 heavy (non-hydrogen) atoms. The van der Waals surface area contributed by atoms with Crippen molar-refractivity contribution in [3.05, 3.63) is 0 Å². The monoisotopic (exact) mass is 133 g/mol. The summed E-state index contributed by atoms with van der Waals surface area (Å²) in [6.07, 6.45) is -1.83. The van der Waals surface area contributed by atoms with E-state index in [0.29, 0.717) is 0 Å². The summed E-state index contributed by atoms with van der Waals surface area (Å²) >= 11 is 0. The Kier molecular flexibility index (Phi) is 24.6. The minimum atomic E-state index is -1.83. The molecular weight excluding hydrogens is 131 g/mol. The third-order valence-corrected chi connectivity index (χ3v) is 0. The van der Waals surface area contributed by atoms with Gasteiger partial charge < -0.3 is 10.2 Å². The third kappa shape index (κ3) is 84.4. The first-order chi connectivity index (χ1) is 1.73. The van der Waals surface area contributed by atoms with Crippen molar-refractivity contribution in [3.63, 3.8) is 0 Å². The third-order valence-electron chi connectivity index (χ3n) is 0. The Balaban J connectivity index is -0.0000000450. The van der Waals surface area contributed by atoms with Crippen LogP contribution in [0, 0.1) is 0 Å². The molecule has 0 saturated carbocycles. The van der Waals surface area contributed by atoms with Crippen molar-refractivity contribution in [2.45, 2.75) is 0 Å². The molecule has 3 nitrogen and oxygen atoms in total. The summed E-state index contributed by atoms with van der Waals surface area (Å²) in [6.45, 7) is 0. The molecule has 0 aliphatic heterocycles. The maximum atomic E-state index is 8.56. The van der Waals surface area contributed by atoms with Crippen LogP contribution in [0.15, 0.2) is 0 Å². The molecule has 2 N–H and O–H groups in total. The van der Waals surface area contributed by atoms with Crippen LogP contribution in [0.2, 0.25) is 0 Å². The second-order valence-corrected chi connectivity index (χ2v) is 0.283. The second-order valence-electron chi connectivity index (χ2n) is 0.283. The molecule has 0 unspecified atom stereocenters. The van der Waals surface area contributed by atoms with Crippen LogP contribution in [-0.4, -0.2) is 54.1 Å². The zero-order chi connectivity index (χ0) is 3.58. The average Bonchev–Trinajstić information content (AvgIpc) is 0.811. The Bertz CT molecular complexity index is 33.8. The van der Waals surface area contributed by atoms with Crippen molar-refractivity contribution >= 4 is 53.8 Å². The van der Waals surface area contributed by atoms with Crippen LogP contribution in [0.5, 0.6) is 0 Å². The molecule has 0 fully saturated rings. The zero-order valence-corrected chi connectivity index (χ0v) is 6.06. The Morgan fingerprint density at radius 2 is 1.33 bits per heavy atom. The van der Waals surface area contributed by atoms with Gasteiger partial charge in [-0.15, -0.1) is 0 Å². The first kappa shape index (κ1) is 15.8. The maximum absolute atomic E-state index is 8.56. The quantitative estimate of drug-likeness (QED) is 0.377. The van der Waals surface area contributed by atoms with Crippen LogP contribution in [0.3, 0.4) is 0 Å². The molecule has 0 bridgehead atoms. The first-order valence-corrected chi connectivity index (χ1v) is 0.651. The first-order valence-electron chi connectivity index (χ1n) is 0.651. The van der Waals surface area contributed by atoms with Crippen LogP contribution < -0.4 is 0 Å². The van der Waals surface area contributed by atoms with Crippen LogP contribution in [0.4, 0.5) is 4.79 Å². The van der Waals surface area contributed by atoms with Gasteiger partial charge in [-0.25, -0.2) is 4.79 Å². The Morgan fingerprint density at radius 3 is 1.33 bits per heavy atom. The predicted octanol–water partition coefficient (Wildman–Crippen LogP) is 0.703. The van der Waals surface area contributed by atoms with Crippen molar-refractivity contribution in [1.29, 1.82) is 0 Å². The van der Waals surface area contributed by atoms with Gasteiger partial charge in [0.25, 0.3) is 0 Å². The number of carbonyl (C=O) groups is 1. The van der Waals surface area contributed by atoms with E-state index in [1.165, 1.54) is 0 Å². The molecule has 0 saturated heterocycles. The fraction of sp³-hybridized carbons (Fsp3) is 0. The molecule has 0 amide bonds. The summed E-state index contributed by atoms with van der Waals surface area (Å²) in [6, 6.07) is 0. The molecule has 0 rings (SSSR count). The normalized spacial score (nSPS) is 4.00. The van der Waals surface area contributed by atoms with Crippen molar-refractivity contribution in [3.8, 4) is 0 Å². The van der Waals surface area contributed by atoms with Gasteiger partial charge in [-0.2, -0.15) is 0 Å². The van der Waals surface area contributed by atoms with E-state index in [2.05, 4.69) is 0 Å². The number of rotatable bonds is 0. The molecule has 0 aromatic carbocycles. The van der Waals surface area contributed by atoms with E-state index in [1.807, 2.05) is 0 Å². The van der Waals surface area contributed by atoms with Crippen LogP contribution in [0.1, 0.15) is 0 Å². The van der Waals surface area contributed by atoms with E-state index in [9.17, 15) is 0 Å². The SMILES string of the molecule is O=C(O)O.[Ca+2].[P+3]. The molecule has 5 heteroatoms. The van der Waals surface area contributed by atoms with Gasteiger partial charge >= 0.3 is 53.8 Å².